The van der Waals surface area contributed by atoms with Crippen molar-refractivity contribution < 1.29 is 50.3 Å². The summed E-state index contributed by atoms with van der Waals surface area (Å²) in [6.07, 6.45) is -1.91. The average Bonchev–Trinajstić information content (AvgIpc) is 3.21. The Balaban J connectivity index is 1.39. The minimum absolute atomic E-state index is 0.0669. The molecule has 0 bridgehead atoms. The van der Waals surface area contributed by atoms with E-state index in [2.05, 4.69) is 19.9 Å². The second kappa shape index (κ2) is 12.2. The monoisotopic (exact) mass is 612 g/mol. The maximum Gasteiger partial charge on any atom is 0.187 e. The highest BCUT2D eigenvalue weighted by molar-refractivity contribution is 5.28. The second-order valence-corrected chi connectivity index (χ2v) is 15.7. The van der Waals surface area contributed by atoms with E-state index >= 15 is 0 Å². The number of hydrogen-bond acceptors (Lipinski definition) is 10. The van der Waals surface area contributed by atoms with Crippen LogP contribution in [0.1, 0.15) is 86.0 Å². The standard InChI is InChI=1S/C33H56O10/c1-16(22(36)9-10-31(2,3)41)26-23(37)14-21-19-7-6-17-12-18(35)13-25(33(17,5)20(19)8-11-32(21,26)4)43-30-29(40)28(39)27(38)24(15-34)42-30/h6,16,18-30,34-41H,7-15H2,1-5H3/t16-,18-,19-,20+,21+,22+,23+,24-,25-,26+,27-,28+,29-,30+,32+,33+/m1/s1. The Morgan fingerprint density at radius 3 is 2.40 bits per heavy atom. The van der Waals surface area contributed by atoms with Crippen LogP contribution in [0.2, 0.25) is 0 Å². The maximum absolute atomic E-state index is 11.5. The fraction of sp³-hybridized carbons (Fsp3) is 0.939. The molecule has 10 heteroatoms. The van der Waals surface area contributed by atoms with E-state index in [0.717, 1.165) is 24.8 Å². The van der Waals surface area contributed by atoms with Crippen LogP contribution in [-0.4, -0.2) is 108 Å². The number of rotatable bonds is 8. The van der Waals surface area contributed by atoms with Crippen LogP contribution in [0.5, 0.6) is 0 Å². The number of allylic oxidation sites excluding steroid dienone is 1. The molecule has 3 saturated carbocycles. The van der Waals surface area contributed by atoms with Gasteiger partial charge in [0.2, 0.25) is 0 Å². The first-order chi connectivity index (χ1) is 20.0. The Hall–Kier alpha value is -0.660. The highest BCUT2D eigenvalue weighted by atomic mass is 16.7. The summed E-state index contributed by atoms with van der Waals surface area (Å²) in [5.41, 5.74) is -0.387. The van der Waals surface area contributed by atoms with Crippen molar-refractivity contribution in [2.75, 3.05) is 6.61 Å². The van der Waals surface area contributed by atoms with Gasteiger partial charge in [0.1, 0.15) is 24.4 Å². The molecule has 0 aromatic heterocycles. The quantitative estimate of drug-likeness (QED) is 0.186. The molecule has 43 heavy (non-hydrogen) atoms. The lowest BCUT2D eigenvalue weighted by Gasteiger charge is -2.60. The lowest BCUT2D eigenvalue weighted by atomic mass is 9.46. The third kappa shape index (κ3) is 5.88. The second-order valence-electron chi connectivity index (χ2n) is 15.7. The van der Waals surface area contributed by atoms with E-state index in [1.807, 2.05) is 6.92 Å². The van der Waals surface area contributed by atoms with Crippen molar-refractivity contribution in [3.8, 4) is 0 Å². The summed E-state index contributed by atoms with van der Waals surface area (Å²) < 4.78 is 12.2. The predicted octanol–water partition coefficient (Wildman–Crippen LogP) is 1.24. The molecule has 16 atom stereocenters. The topological polar surface area (TPSA) is 180 Å². The van der Waals surface area contributed by atoms with Gasteiger partial charge in [0.15, 0.2) is 6.29 Å². The molecule has 5 rings (SSSR count). The van der Waals surface area contributed by atoms with E-state index in [1.165, 1.54) is 0 Å². The smallest absolute Gasteiger partial charge is 0.187 e. The van der Waals surface area contributed by atoms with Crippen molar-refractivity contribution in [2.45, 2.75) is 147 Å². The Morgan fingerprint density at radius 1 is 1.05 bits per heavy atom. The van der Waals surface area contributed by atoms with Gasteiger partial charge < -0.3 is 50.3 Å². The number of fused-ring (bicyclic) bond motifs is 5. The van der Waals surface area contributed by atoms with E-state index in [4.69, 9.17) is 9.47 Å². The molecule has 0 aromatic carbocycles. The SMILES string of the molecule is C[C@@H]([C@H]1[C@@H](O)C[C@H]2[C@@H]3CC=C4C[C@@H](O)C[C@@H](O[C@@H]5O[C@H](CO)[C@@H](O)[C@H](O)[C@H]5O)[C@]4(C)[C@H]3CC[C@]12C)[C@@H](O)CCC(C)(C)O. The summed E-state index contributed by atoms with van der Waals surface area (Å²) in [4.78, 5) is 0. The van der Waals surface area contributed by atoms with Crippen molar-refractivity contribution >= 4 is 0 Å². The molecule has 10 nitrogen and oxygen atoms in total. The Kier molecular flexibility index (Phi) is 9.54. The van der Waals surface area contributed by atoms with Crippen LogP contribution in [-0.2, 0) is 9.47 Å². The molecule has 1 saturated heterocycles. The first-order valence-electron chi connectivity index (χ1n) is 16.4. The van der Waals surface area contributed by atoms with Gasteiger partial charge in [-0.2, -0.15) is 0 Å². The van der Waals surface area contributed by atoms with Gasteiger partial charge in [-0.15, -0.1) is 0 Å². The molecule has 1 heterocycles. The number of aliphatic hydroxyl groups is 8. The zero-order valence-electron chi connectivity index (χ0n) is 26.4. The van der Waals surface area contributed by atoms with Crippen LogP contribution in [0.4, 0.5) is 0 Å². The fourth-order valence-corrected chi connectivity index (χ4v) is 10.2. The molecule has 5 aliphatic rings. The summed E-state index contributed by atoms with van der Waals surface area (Å²) in [5.74, 6) is 0.479. The number of hydrogen-bond donors (Lipinski definition) is 8. The van der Waals surface area contributed by atoms with Crippen LogP contribution >= 0.6 is 0 Å². The molecule has 4 aliphatic carbocycles. The molecule has 1 aliphatic heterocycles. The van der Waals surface area contributed by atoms with E-state index in [1.54, 1.807) is 13.8 Å². The third-order valence-corrected chi connectivity index (χ3v) is 12.6. The van der Waals surface area contributed by atoms with Crippen LogP contribution in [0.25, 0.3) is 0 Å². The maximum atomic E-state index is 11.5. The van der Waals surface area contributed by atoms with Gasteiger partial charge in [-0.25, -0.2) is 0 Å². The average molecular weight is 613 g/mol. The Bertz CT molecular complexity index is 1010. The van der Waals surface area contributed by atoms with E-state index in [-0.39, 0.29) is 35.0 Å². The van der Waals surface area contributed by atoms with Crippen LogP contribution in [0.3, 0.4) is 0 Å². The van der Waals surface area contributed by atoms with Crippen LogP contribution < -0.4 is 0 Å². The summed E-state index contributed by atoms with van der Waals surface area (Å²) in [6.45, 7) is 9.44. The van der Waals surface area contributed by atoms with Crippen molar-refractivity contribution in [1.82, 2.24) is 0 Å². The van der Waals surface area contributed by atoms with Gasteiger partial charge in [-0.05, 0) is 93.8 Å². The highest BCUT2D eigenvalue weighted by Crippen LogP contribution is 2.67. The van der Waals surface area contributed by atoms with Crippen molar-refractivity contribution in [3.05, 3.63) is 11.6 Å². The van der Waals surface area contributed by atoms with Gasteiger partial charge in [0.25, 0.3) is 0 Å². The molecule has 248 valence electrons. The van der Waals surface area contributed by atoms with E-state index < -0.39 is 72.7 Å². The summed E-state index contributed by atoms with van der Waals surface area (Å²) in [5, 5.41) is 84.8. The number of aliphatic hydroxyl groups excluding tert-OH is 7. The van der Waals surface area contributed by atoms with Crippen molar-refractivity contribution in [2.24, 2.45) is 40.4 Å². The summed E-state index contributed by atoms with van der Waals surface area (Å²) in [6, 6.07) is 0. The van der Waals surface area contributed by atoms with Crippen molar-refractivity contribution in [1.29, 1.82) is 0 Å². The molecule has 0 unspecified atom stereocenters. The lowest BCUT2D eigenvalue weighted by Crippen LogP contribution is -2.62. The van der Waals surface area contributed by atoms with Gasteiger partial charge in [0.05, 0.1) is 36.6 Å². The lowest BCUT2D eigenvalue weighted by molar-refractivity contribution is -0.324. The zero-order chi connectivity index (χ0) is 31.6. The molecule has 8 N–H and O–H groups in total. The van der Waals surface area contributed by atoms with Gasteiger partial charge in [-0.3, -0.25) is 0 Å². The van der Waals surface area contributed by atoms with Crippen LogP contribution in [0.15, 0.2) is 11.6 Å². The van der Waals surface area contributed by atoms with E-state index in [0.29, 0.717) is 32.1 Å². The van der Waals surface area contributed by atoms with Gasteiger partial charge in [-0.1, -0.05) is 32.4 Å². The third-order valence-electron chi connectivity index (χ3n) is 12.6. The Morgan fingerprint density at radius 2 is 1.74 bits per heavy atom. The molecular weight excluding hydrogens is 556 g/mol. The summed E-state index contributed by atoms with van der Waals surface area (Å²) >= 11 is 0. The molecule has 0 spiro atoms. The fourth-order valence-electron chi connectivity index (χ4n) is 10.2. The summed E-state index contributed by atoms with van der Waals surface area (Å²) in [7, 11) is 0. The minimum Gasteiger partial charge on any atom is -0.394 e. The molecule has 4 fully saturated rings. The van der Waals surface area contributed by atoms with Crippen LogP contribution in [0, 0.1) is 40.4 Å². The molecule has 0 amide bonds. The number of ether oxygens (including phenoxy) is 2. The molecule has 0 aromatic rings. The van der Waals surface area contributed by atoms with Gasteiger partial charge in [0, 0.05) is 11.8 Å². The highest BCUT2D eigenvalue weighted by Gasteiger charge is 2.64. The normalized spacial score (nSPS) is 49.8. The first kappa shape index (κ1) is 33.7. The molecular formula is C33H56O10. The van der Waals surface area contributed by atoms with Crippen molar-refractivity contribution in [3.63, 3.8) is 0 Å². The predicted molar refractivity (Wildman–Crippen MR) is 157 cm³/mol. The largest absolute Gasteiger partial charge is 0.394 e. The molecule has 0 radical (unpaired) electrons. The minimum atomic E-state index is -1.54. The first-order valence-corrected chi connectivity index (χ1v) is 16.4. The van der Waals surface area contributed by atoms with E-state index in [9.17, 15) is 40.9 Å². The van der Waals surface area contributed by atoms with Gasteiger partial charge >= 0.3 is 0 Å². The zero-order valence-corrected chi connectivity index (χ0v) is 26.4. The Labute approximate surface area is 255 Å².